The summed E-state index contributed by atoms with van der Waals surface area (Å²) in [4.78, 5) is 30.0. The molecule has 0 aromatic heterocycles. The first-order valence-electron chi connectivity index (χ1n) is 11.4. The molecule has 2 aromatic rings. The smallest absolute Gasteiger partial charge is 0.295 e. The molecule has 1 aliphatic heterocycles. The molecule has 0 spiro atoms. The van der Waals surface area contributed by atoms with Gasteiger partial charge in [-0.15, -0.1) is 0 Å². The highest BCUT2D eigenvalue weighted by Crippen LogP contribution is 2.39. The number of hydrogen-bond acceptors (Lipinski definition) is 6. The van der Waals surface area contributed by atoms with Gasteiger partial charge in [-0.05, 0) is 55.1 Å². The van der Waals surface area contributed by atoms with Crippen molar-refractivity contribution in [1.82, 2.24) is 9.80 Å². The molecule has 7 heteroatoms. The zero-order valence-corrected chi connectivity index (χ0v) is 20.0. The van der Waals surface area contributed by atoms with E-state index in [1.165, 1.54) is 0 Å². The quantitative estimate of drug-likeness (QED) is 0.234. The second kappa shape index (κ2) is 11.5. The number of carbonyl (C=O) groups excluding carboxylic acids is 2. The maximum Gasteiger partial charge on any atom is 0.295 e. The van der Waals surface area contributed by atoms with Crippen LogP contribution in [0.1, 0.15) is 31.0 Å². The van der Waals surface area contributed by atoms with E-state index in [4.69, 9.17) is 9.47 Å². The maximum atomic E-state index is 13.1. The van der Waals surface area contributed by atoms with E-state index >= 15 is 0 Å². The van der Waals surface area contributed by atoms with Crippen LogP contribution in [0.25, 0.3) is 5.76 Å². The van der Waals surface area contributed by atoms with Crippen LogP contribution in [0.15, 0.2) is 66.8 Å². The van der Waals surface area contributed by atoms with E-state index in [0.29, 0.717) is 36.8 Å². The van der Waals surface area contributed by atoms with Gasteiger partial charge in [-0.3, -0.25) is 9.59 Å². The summed E-state index contributed by atoms with van der Waals surface area (Å²) in [5.74, 6) is -0.228. The van der Waals surface area contributed by atoms with E-state index in [1.54, 1.807) is 54.5 Å². The molecule has 0 saturated carbocycles. The first kappa shape index (κ1) is 25.1. The third-order valence-electron chi connectivity index (χ3n) is 6.02. The molecule has 1 N–H and O–H groups in total. The van der Waals surface area contributed by atoms with E-state index in [1.807, 2.05) is 12.1 Å². The minimum Gasteiger partial charge on any atom is -0.507 e. The molecule has 0 unspecified atom stereocenters. The number of Topliss-reactive ketones (excluding diaryl/α,β-unsaturated/α-hetero) is 1. The van der Waals surface area contributed by atoms with Gasteiger partial charge in [0.1, 0.15) is 23.9 Å². The van der Waals surface area contributed by atoms with Crippen LogP contribution in [0.4, 0.5) is 0 Å². The van der Waals surface area contributed by atoms with E-state index in [-0.39, 0.29) is 11.3 Å². The van der Waals surface area contributed by atoms with Crippen molar-refractivity contribution in [1.29, 1.82) is 0 Å². The largest absolute Gasteiger partial charge is 0.507 e. The lowest BCUT2D eigenvalue weighted by Crippen LogP contribution is -2.38. The highest BCUT2D eigenvalue weighted by atomic mass is 16.5. The molecular formula is C27H32N2O5. The third-order valence-corrected chi connectivity index (χ3v) is 6.02. The molecule has 0 aliphatic carbocycles. The zero-order chi connectivity index (χ0) is 24.7. The van der Waals surface area contributed by atoms with Gasteiger partial charge in [0.15, 0.2) is 0 Å². The van der Waals surface area contributed by atoms with Crippen molar-refractivity contribution >= 4 is 17.4 Å². The molecule has 1 fully saturated rings. The molecule has 1 heterocycles. The van der Waals surface area contributed by atoms with Crippen molar-refractivity contribution in [2.75, 3.05) is 39.9 Å². The van der Waals surface area contributed by atoms with Gasteiger partial charge in [0, 0.05) is 18.7 Å². The second-order valence-electron chi connectivity index (χ2n) is 7.92. The van der Waals surface area contributed by atoms with E-state index in [2.05, 4.69) is 25.3 Å². The summed E-state index contributed by atoms with van der Waals surface area (Å²) in [6.45, 7) is 10.8. The number of hydrogen-bond donors (Lipinski definition) is 1. The van der Waals surface area contributed by atoms with Gasteiger partial charge < -0.3 is 24.4 Å². The number of aliphatic hydroxyl groups is 1. The summed E-state index contributed by atoms with van der Waals surface area (Å²) >= 11 is 0. The average molecular weight is 465 g/mol. The third kappa shape index (κ3) is 5.31. The van der Waals surface area contributed by atoms with Crippen molar-refractivity contribution in [2.45, 2.75) is 19.9 Å². The number of amides is 1. The maximum absolute atomic E-state index is 13.1. The Balaban J connectivity index is 2.05. The number of likely N-dealkylation sites (tertiary alicyclic amines) is 1. The highest BCUT2D eigenvalue weighted by Gasteiger charge is 2.45. The van der Waals surface area contributed by atoms with Crippen LogP contribution in [0.5, 0.6) is 11.5 Å². The van der Waals surface area contributed by atoms with Gasteiger partial charge in [-0.2, -0.15) is 0 Å². The number of carbonyl (C=O) groups is 2. The Labute approximate surface area is 200 Å². The van der Waals surface area contributed by atoms with Gasteiger partial charge in [0.05, 0.1) is 18.7 Å². The summed E-state index contributed by atoms with van der Waals surface area (Å²) in [6, 6.07) is 13.3. The van der Waals surface area contributed by atoms with E-state index in [9.17, 15) is 14.7 Å². The van der Waals surface area contributed by atoms with Crippen molar-refractivity contribution in [3.63, 3.8) is 0 Å². The molecule has 1 amide bonds. The highest BCUT2D eigenvalue weighted by molar-refractivity contribution is 6.46. The van der Waals surface area contributed by atoms with Crippen LogP contribution in [-0.2, 0) is 9.59 Å². The Morgan fingerprint density at radius 1 is 1.06 bits per heavy atom. The van der Waals surface area contributed by atoms with E-state index in [0.717, 1.165) is 18.7 Å². The Morgan fingerprint density at radius 2 is 1.68 bits per heavy atom. The van der Waals surface area contributed by atoms with Crippen LogP contribution < -0.4 is 9.47 Å². The summed E-state index contributed by atoms with van der Waals surface area (Å²) in [5.41, 5.74) is 1.24. The number of ether oxygens (including phenoxy) is 2. The zero-order valence-electron chi connectivity index (χ0n) is 20.0. The molecule has 1 saturated heterocycles. The summed E-state index contributed by atoms with van der Waals surface area (Å²) in [7, 11) is 1.55. The Bertz CT molecular complexity index is 1040. The van der Waals surface area contributed by atoms with Gasteiger partial charge in [0.25, 0.3) is 11.7 Å². The van der Waals surface area contributed by atoms with Gasteiger partial charge in [0.2, 0.25) is 0 Å². The fraction of sp³-hybridized carbons (Fsp3) is 0.333. The summed E-state index contributed by atoms with van der Waals surface area (Å²) in [6.07, 6.45) is 1.66. The van der Waals surface area contributed by atoms with Crippen molar-refractivity contribution in [2.24, 2.45) is 0 Å². The average Bonchev–Trinajstić information content (AvgIpc) is 3.13. The first-order chi connectivity index (χ1) is 16.4. The SMILES string of the molecule is C=CCOc1ccc([C@@H]2/C(=C(\O)c3ccc(OC)cc3)C(=O)C(=O)N2CCN(CC)CC)cc1. The summed E-state index contributed by atoms with van der Waals surface area (Å²) < 4.78 is 10.8. The molecule has 34 heavy (non-hydrogen) atoms. The minimum atomic E-state index is -0.703. The fourth-order valence-electron chi connectivity index (χ4n) is 4.05. The molecule has 1 aliphatic rings. The van der Waals surface area contributed by atoms with E-state index < -0.39 is 17.7 Å². The van der Waals surface area contributed by atoms with Crippen molar-refractivity contribution < 1.29 is 24.2 Å². The van der Waals surface area contributed by atoms with Crippen molar-refractivity contribution in [3.05, 3.63) is 77.9 Å². The monoisotopic (exact) mass is 464 g/mol. The van der Waals surface area contributed by atoms with Crippen LogP contribution in [-0.4, -0.2) is 66.5 Å². The molecule has 3 rings (SSSR count). The summed E-state index contributed by atoms with van der Waals surface area (Å²) in [5, 5.41) is 11.2. The Hall–Kier alpha value is -3.58. The second-order valence-corrected chi connectivity index (χ2v) is 7.92. The van der Waals surface area contributed by atoms with Gasteiger partial charge >= 0.3 is 0 Å². The van der Waals surface area contributed by atoms with Crippen LogP contribution >= 0.6 is 0 Å². The predicted molar refractivity (Wildman–Crippen MR) is 132 cm³/mol. The number of methoxy groups -OCH3 is 1. The van der Waals surface area contributed by atoms with Gasteiger partial charge in [-0.1, -0.05) is 38.6 Å². The number of rotatable bonds is 11. The number of benzene rings is 2. The molecule has 0 bridgehead atoms. The molecular weight excluding hydrogens is 432 g/mol. The lowest BCUT2D eigenvalue weighted by atomic mass is 9.95. The fourth-order valence-corrected chi connectivity index (χ4v) is 4.05. The topological polar surface area (TPSA) is 79.3 Å². The molecule has 7 nitrogen and oxygen atoms in total. The normalized spacial score (nSPS) is 17.3. The van der Waals surface area contributed by atoms with Crippen molar-refractivity contribution in [3.8, 4) is 11.5 Å². The van der Waals surface area contributed by atoms with Crippen LogP contribution in [0.2, 0.25) is 0 Å². The molecule has 2 aromatic carbocycles. The number of nitrogens with zero attached hydrogens (tertiary/aromatic N) is 2. The lowest BCUT2D eigenvalue weighted by molar-refractivity contribution is -0.140. The van der Waals surface area contributed by atoms with Gasteiger partial charge in [-0.25, -0.2) is 0 Å². The minimum absolute atomic E-state index is 0.0782. The molecule has 0 radical (unpaired) electrons. The first-order valence-corrected chi connectivity index (χ1v) is 11.4. The Kier molecular flexibility index (Phi) is 8.49. The molecule has 1 atom stereocenters. The van der Waals surface area contributed by atoms with Crippen LogP contribution in [0.3, 0.4) is 0 Å². The standard InChI is InChI=1S/C27H32N2O5/c1-5-18-34-22-14-8-19(9-15-22)24-23(25(30)20-10-12-21(33-4)13-11-20)26(31)27(32)29(24)17-16-28(6-2)7-3/h5,8-15,24,30H,1,6-7,16-18H2,2-4H3/b25-23+/t24-/m1/s1. The number of likely N-dealkylation sites (N-methyl/N-ethyl adjacent to an activating group) is 1. The lowest BCUT2D eigenvalue weighted by Gasteiger charge is -2.28. The predicted octanol–water partition coefficient (Wildman–Crippen LogP) is 4.02. The number of aliphatic hydroxyl groups excluding tert-OH is 1. The molecule has 180 valence electrons. The van der Waals surface area contributed by atoms with Crippen LogP contribution in [0, 0.1) is 0 Å². The Morgan fingerprint density at radius 3 is 2.24 bits per heavy atom. The number of ketones is 1.